The van der Waals surface area contributed by atoms with E-state index in [1.54, 1.807) is 0 Å². The maximum Gasteiger partial charge on any atom is 0.330 e. The second kappa shape index (κ2) is 6.80. The molecule has 4 nitrogen and oxygen atoms in total. The molecule has 0 amide bonds. The Bertz CT molecular complexity index is 142. The fourth-order valence-electron chi connectivity index (χ4n) is 0.272. The zero-order chi connectivity index (χ0) is 7.98. The first-order valence-electron chi connectivity index (χ1n) is 2.54. The first-order chi connectivity index (χ1) is 4.70. The maximum atomic E-state index is 10.3. The first-order valence-corrected chi connectivity index (χ1v) is 2.54. The van der Waals surface area contributed by atoms with Gasteiger partial charge in [0.15, 0.2) is 0 Å². The van der Waals surface area contributed by atoms with Crippen molar-refractivity contribution in [1.82, 2.24) is 0 Å². The molecule has 0 aliphatic rings. The molecule has 0 aromatic rings. The van der Waals surface area contributed by atoms with Gasteiger partial charge in [-0.2, -0.15) is 0 Å². The molecule has 0 saturated heterocycles. The summed E-state index contributed by atoms with van der Waals surface area (Å²) in [6.45, 7) is 0. The lowest BCUT2D eigenvalue weighted by Gasteiger charge is -1.89. The fourth-order valence-corrected chi connectivity index (χ4v) is 0.272. The van der Waals surface area contributed by atoms with E-state index in [9.17, 15) is 9.59 Å². The highest BCUT2D eigenvalue weighted by molar-refractivity contribution is 5.91. The number of esters is 2. The monoisotopic (exact) mass is 160 g/mol. The number of hydrogen-bond acceptors (Lipinski definition) is 4. The van der Waals surface area contributed by atoms with Crippen LogP contribution in [0.15, 0.2) is 12.2 Å². The van der Waals surface area contributed by atoms with E-state index in [2.05, 4.69) is 9.47 Å². The van der Waals surface area contributed by atoms with Gasteiger partial charge in [0.1, 0.15) is 0 Å². The van der Waals surface area contributed by atoms with E-state index in [0.29, 0.717) is 0 Å². The third-order valence-corrected chi connectivity index (χ3v) is 0.758. The third kappa shape index (κ3) is 6.57. The van der Waals surface area contributed by atoms with Gasteiger partial charge in [0.05, 0.1) is 14.2 Å². The molecular formula is C7H12O4. The summed E-state index contributed by atoms with van der Waals surface area (Å²) in [5.41, 5.74) is 0. The predicted octanol–water partition coefficient (Wildman–Crippen LogP) is 0.525. The van der Waals surface area contributed by atoms with Crippen molar-refractivity contribution < 1.29 is 19.1 Å². The van der Waals surface area contributed by atoms with Crippen LogP contribution >= 0.6 is 0 Å². The van der Waals surface area contributed by atoms with Crippen LogP contribution in [0.1, 0.15) is 7.43 Å². The second-order valence-electron chi connectivity index (χ2n) is 1.38. The van der Waals surface area contributed by atoms with Gasteiger partial charge in [0, 0.05) is 12.2 Å². The van der Waals surface area contributed by atoms with Crippen molar-refractivity contribution in [2.75, 3.05) is 14.2 Å². The average Bonchev–Trinajstić information content (AvgIpc) is 1.99. The Labute approximate surface area is 65.8 Å². The highest BCUT2D eigenvalue weighted by Crippen LogP contribution is 1.80. The van der Waals surface area contributed by atoms with Gasteiger partial charge in [-0.15, -0.1) is 0 Å². The van der Waals surface area contributed by atoms with Crippen LogP contribution in [0.2, 0.25) is 0 Å². The van der Waals surface area contributed by atoms with Crippen LogP contribution in [0.3, 0.4) is 0 Å². The summed E-state index contributed by atoms with van der Waals surface area (Å²) in [5, 5.41) is 0. The zero-order valence-electron chi connectivity index (χ0n) is 5.79. The minimum Gasteiger partial charge on any atom is -0.466 e. The molecule has 0 radical (unpaired) electrons. The summed E-state index contributed by atoms with van der Waals surface area (Å²) in [5.74, 6) is -1.16. The van der Waals surface area contributed by atoms with Crippen LogP contribution in [0.5, 0.6) is 0 Å². The molecule has 0 heterocycles. The SMILES string of the molecule is C.COC(=O)/C=C\C(=O)OC. The average molecular weight is 160 g/mol. The zero-order valence-corrected chi connectivity index (χ0v) is 5.79. The van der Waals surface area contributed by atoms with Gasteiger partial charge in [-0.3, -0.25) is 0 Å². The number of rotatable bonds is 2. The Balaban J connectivity index is 0. The van der Waals surface area contributed by atoms with E-state index in [0.717, 1.165) is 12.2 Å². The molecule has 0 bridgehead atoms. The summed E-state index contributed by atoms with van der Waals surface area (Å²) >= 11 is 0. The van der Waals surface area contributed by atoms with Gasteiger partial charge in [0.2, 0.25) is 0 Å². The van der Waals surface area contributed by atoms with Crippen LogP contribution in [0.4, 0.5) is 0 Å². The Morgan fingerprint density at radius 3 is 1.45 bits per heavy atom. The summed E-state index contributed by atoms with van der Waals surface area (Å²) in [6, 6.07) is 0. The van der Waals surface area contributed by atoms with Crippen molar-refractivity contribution >= 4 is 11.9 Å². The molecule has 0 aliphatic carbocycles. The van der Waals surface area contributed by atoms with Crippen molar-refractivity contribution in [1.29, 1.82) is 0 Å². The van der Waals surface area contributed by atoms with Crippen molar-refractivity contribution in [2.45, 2.75) is 7.43 Å². The smallest absolute Gasteiger partial charge is 0.330 e. The molecule has 0 aromatic carbocycles. The molecule has 0 aromatic heterocycles. The molecule has 0 aliphatic heterocycles. The number of ether oxygens (including phenoxy) is 2. The van der Waals surface area contributed by atoms with Gasteiger partial charge in [-0.05, 0) is 0 Å². The molecule has 11 heavy (non-hydrogen) atoms. The van der Waals surface area contributed by atoms with Crippen LogP contribution < -0.4 is 0 Å². The number of carbonyl (C=O) groups is 2. The summed E-state index contributed by atoms with van der Waals surface area (Å²) in [7, 11) is 2.45. The van der Waals surface area contributed by atoms with E-state index in [1.807, 2.05) is 0 Å². The Kier molecular flexibility index (Phi) is 7.64. The molecule has 0 saturated carbocycles. The Morgan fingerprint density at radius 1 is 1.00 bits per heavy atom. The minimum absolute atomic E-state index is 0. The van der Waals surface area contributed by atoms with E-state index in [-0.39, 0.29) is 7.43 Å². The highest BCUT2D eigenvalue weighted by Gasteiger charge is 1.94. The number of hydrogen-bond donors (Lipinski definition) is 0. The van der Waals surface area contributed by atoms with Gasteiger partial charge < -0.3 is 9.47 Å². The molecule has 0 atom stereocenters. The number of carbonyl (C=O) groups excluding carboxylic acids is 2. The third-order valence-electron chi connectivity index (χ3n) is 0.758. The van der Waals surface area contributed by atoms with Gasteiger partial charge >= 0.3 is 11.9 Å². The lowest BCUT2D eigenvalue weighted by atomic mass is 10.5. The van der Waals surface area contributed by atoms with Crippen LogP contribution in [0, 0.1) is 0 Å². The van der Waals surface area contributed by atoms with Gasteiger partial charge in [-0.1, -0.05) is 7.43 Å². The molecular weight excluding hydrogens is 148 g/mol. The van der Waals surface area contributed by atoms with Crippen LogP contribution in [0.25, 0.3) is 0 Å². The molecule has 64 valence electrons. The Morgan fingerprint density at radius 2 is 1.27 bits per heavy atom. The maximum absolute atomic E-state index is 10.3. The molecule has 0 rings (SSSR count). The summed E-state index contributed by atoms with van der Waals surface area (Å²) < 4.78 is 8.42. The van der Waals surface area contributed by atoms with Crippen LogP contribution in [-0.4, -0.2) is 26.2 Å². The predicted molar refractivity (Wildman–Crippen MR) is 39.9 cm³/mol. The largest absolute Gasteiger partial charge is 0.466 e. The molecule has 0 N–H and O–H groups in total. The lowest BCUT2D eigenvalue weighted by molar-refractivity contribution is -0.137. The second-order valence-corrected chi connectivity index (χ2v) is 1.38. The van der Waals surface area contributed by atoms with Crippen molar-refractivity contribution in [3.63, 3.8) is 0 Å². The highest BCUT2D eigenvalue weighted by atomic mass is 16.5. The number of methoxy groups -OCH3 is 2. The fraction of sp³-hybridized carbons (Fsp3) is 0.429. The van der Waals surface area contributed by atoms with Crippen molar-refractivity contribution in [3.05, 3.63) is 12.2 Å². The van der Waals surface area contributed by atoms with Crippen LogP contribution in [-0.2, 0) is 19.1 Å². The molecule has 0 spiro atoms. The van der Waals surface area contributed by atoms with Gasteiger partial charge in [-0.25, -0.2) is 9.59 Å². The van der Waals surface area contributed by atoms with E-state index in [1.165, 1.54) is 14.2 Å². The van der Waals surface area contributed by atoms with E-state index >= 15 is 0 Å². The standard InChI is InChI=1S/C6H8O4.CH4/c1-9-5(7)3-4-6(8)10-2;/h3-4H,1-2H3;1H4/b4-3-;. The van der Waals surface area contributed by atoms with Gasteiger partial charge in [0.25, 0.3) is 0 Å². The first kappa shape index (κ1) is 12.4. The lowest BCUT2D eigenvalue weighted by Crippen LogP contribution is -1.98. The summed E-state index contributed by atoms with van der Waals surface area (Å²) in [4.78, 5) is 20.6. The molecule has 0 unspecified atom stereocenters. The van der Waals surface area contributed by atoms with E-state index < -0.39 is 11.9 Å². The summed E-state index contributed by atoms with van der Waals surface area (Å²) in [6.07, 6.45) is 1.98. The topological polar surface area (TPSA) is 52.6 Å². The molecule has 0 fully saturated rings. The minimum atomic E-state index is -0.578. The quantitative estimate of drug-likeness (QED) is 0.436. The van der Waals surface area contributed by atoms with Crippen molar-refractivity contribution in [2.24, 2.45) is 0 Å². The van der Waals surface area contributed by atoms with E-state index in [4.69, 9.17) is 0 Å². The van der Waals surface area contributed by atoms with Crippen molar-refractivity contribution in [3.8, 4) is 0 Å². The Hall–Kier alpha value is -1.32. The normalized spacial score (nSPS) is 8.55. The molecule has 4 heteroatoms.